The fraction of sp³-hybridized carbons (Fsp3) is 0.474. The highest BCUT2D eigenvalue weighted by molar-refractivity contribution is 7.86. The Morgan fingerprint density at radius 3 is 2.75 bits per heavy atom. The topological polar surface area (TPSA) is 171 Å². The Kier molecular flexibility index (Phi) is 6.93. The van der Waals surface area contributed by atoms with Gasteiger partial charge in [-0.3, -0.25) is 28.6 Å². The number of aromatic amines is 1. The molecule has 0 bridgehead atoms. The average Bonchev–Trinajstić information content (AvgIpc) is 3.09. The monoisotopic (exact) mass is 469 g/mol. The van der Waals surface area contributed by atoms with Crippen LogP contribution in [0.4, 0.5) is 5.69 Å². The van der Waals surface area contributed by atoms with Crippen molar-refractivity contribution in [2.75, 3.05) is 12.4 Å². The van der Waals surface area contributed by atoms with E-state index in [9.17, 15) is 33.2 Å². The van der Waals surface area contributed by atoms with Gasteiger partial charge in [0.2, 0.25) is 0 Å². The number of nitrogens with zero attached hydrogens (tertiary/aromatic N) is 2. The summed E-state index contributed by atoms with van der Waals surface area (Å²) in [6, 6.07) is 5.85. The van der Waals surface area contributed by atoms with Crippen LogP contribution in [0.3, 0.4) is 0 Å². The SMILES string of the molecule is Cc1cn([C@H]2C[C@H](O)[C@@H](COS(=O)(=O)CC(C)c3ccccc3[N+](=O)[O-])O2)c(=O)[nH]c1=O. The quantitative estimate of drug-likeness (QED) is 0.318. The Balaban J connectivity index is 1.65. The molecule has 1 fully saturated rings. The summed E-state index contributed by atoms with van der Waals surface area (Å²) < 4.78 is 36.5. The molecule has 1 saturated heterocycles. The summed E-state index contributed by atoms with van der Waals surface area (Å²) in [6.45, 7) is 2.54. The lowest BCUT2D eigenvalue weighted by Crippen LogP contribution is -2.33. The number of hydrogen-bond donors (Lipinski definition) is 2. The van der Waals surface area contributed by atoms with Gasteiger partial charge in [0.25, 0.3) is 21.4 Å². The normalized spacial score (nSPS) is 22.0. The van der Waals surface area contributed by atoms with Crippen molar-refractivity contribution in [1.82, 2.24) is 9.55 Å². The number of nitro groups is 1. The summed E-state index contributed by atoms with van der Waals surface area (Å²) >= 11 is 0. The molecule has 2 N–H and O–H groups in total. The molecule has 0 saturated carbocycles. The van der Waals surface area contributed by atoms with Crippen LogP contribution in [-0.4, -0.2) is 52.6 Å². The van der Waals surface area contributed by atoms with Crippen molar-refractivity contribution in [2.45, 2.75) is 44.6 Å². The number of para-hydroxylation sites is 1. The molecule has 1 unspecified atom stereocenters. The van der Waals surface area contributed by atoms with Crippen LogP contribution >= 0.6 is 0 Å². The zero-order valence-electron chi connectivity index (χ0n) is 17.3. The van der Waals surface area contributed by atoms with Gasteiger partial charge in [0, 0.05) is 35.7 Å². The summed E-state index contributed by atoms with van der Waals surface area (Å²) in [7, 11) is -4.11. The smallest absolute Gasteiger partial charge is 0.330 e. The second kappa shape index (κ2) is 9.32. The minimum Gasteiger partial charge on any atom is -0.390 e. The summed E-state index contributed by atoms with van der Waals surface area (Å²) in [5.74, 6) is -1.23. The van der Waals surface area contributed by atoms with Crippen LogP contribution < -0.4 is 11.2 Å². The largest absolute Gasteiger partial charge is 0.390 e. The molecule has 0 spiro atoms. The van der Waals surface area contributed by atoms with Crippen LogP contribution in [0.15, 0.2) is 40.1 Å². The Morgan fingerprint density at radius 2 is 2.06 bits per heavy atom. The minimum absolute atomic E-state index is 0.00786. The molecular formula is C19H23N3O9S. The maximum atomic E-state index is 12.4. The van der Waals surface area contributed by atoms with E-state index in [1.807, 2.05) is 0 Å². The Labute approximate surface area is 182 Å². The van der Waals surface area contributed by atoms with E-state index in [4.69, 9.17) is 8.92 Å². The van der Waals surface area contributed by atoms with Crippen LogP contribution in [0.5, 0.6) is 0 Å². The van der Waals surface area contributed by atoms with Gasteiger partial charge in [-0.2, -0.15) is 8.42 Å². The van der Waals surface area contributed by atoms with Gasteiger partial charge in [0.1, 0.15) is 12.3 Å². The summed E-state index contributed by atoms with van der Waals surface area (Å²) in [4.78, 5) is 36.3. The van der Waals surface area contributed by atoms with Crippen LogP contribution in [0.1, 0.15) is 36.6 Å². The first-order valence-electron chi connectivity index (χ1n) is 9.74. The van der Waals surface area contributed by atoms with Crippen LogP contribution in [-0.2, 0) is 19.0 Å². The number of rotatable bonds is 8. The lowest BCUT2D eigenvalue weighted by atomic mass is 10.0. The number of nitro benzene ring substituents is 1. The van der Waals surface area contributed by atoms with Crippen molar-refractivity contribution >= 4 is 15.8 Å². The fourth-order valence-corrected chi connectivity index (χ4v) is 4.75. The third-order valence-electron chi connectivity index (χ3n) is 5.19. The highest BCUT2D eigenvalue weighted by atomic mass is 32.2. The molecule has 1 aromatic heterocycles. The Morgan fingerprint density at radius 1 is 1.38 bits per heavy atom. The molecule has 32 heavy (non-hydrogen) atoms. The highest BCUT2D eigenvalue weighted by Gasteiger charge is 2.37. The lowest BCUT2D eigenvalue weighted by molar-refractivity contribution is -0.385. The van der Waals surface area contributed by atoms with Crippen molar-refractivity contribution in [3.63, 3.8) is 0 Å². The van der Waals surface area contributed by atoms with Crippen molar-refractivity contribution in [3.8, 4) is 0 Å². The molecule has 0 amide bonds. The maximum absolute atomic E-state index is 12.4. The van der Waals surface area contributed by atoms with E-state index in [1.54, 1.807) is 6.07 Å². The van der Waals surface area contributed by atoms with E-state index in [0.29, 0.717) is 0 Å². The second-order valence-corrected chi connectivity index (χ2v) is 9.32. The number of ether oxygens (including phenoxy) is 1. The molecule has 0 aliphatic carbocycles. The van der Waals surface area contributed by atoms with Gasteiger partial charge in [-0.1, -0.05) is 25.1 Å². The highest BCUT2D eigenvalue weighted by Crippen LogP contribution is 2.30. The summed E-state index contributed by atoms with van der Waals surface area (Å²) in [6.07, 6.45) is -1.76. The molecular weight excluding hydrogens is 446 g/mol. The fourth-order valence-electron chi connectivity index (χ4n) is 3.52. The first-order valence-corrected chi connectivity index (χ1v) is 11.3. The van der Waals surface area contributed by atoms with E-state index in [2.05, 4.69) is 4.98 Å². The van der Waals surface area contributed by atoms with Gasteiger partial charge in [-0.15, -0.1) is 0 Å². The number of nitrogens with one attached hydrogen (secondary N) is 1. The average molecular weight is 469 g/mol. The first-order chi connectivity index (χ1) is 15.0. The number of benzene rings is 1. The van der Waals surface area contributed by atoms with Crippen LogP contribution in [0, 0.1) is 17.0 Å². The molecule has 3 rings (SSSR count). The predicted molar refractivity (Wildman–Crippen MR) is 112 cm³/mol. The van der Waals surface area contributed by atoms with Crippen molar-refractivity contribution in [1.29, 1.82) is 0 Å². The van der Waals surface area contributed by atoms with Crippen LogP contribution in [0.25, 0.3) is 0 Å². The van der Waals surface area contributed by atoms with Gasteiger partial charge in [-0.05, 0) is 6.92 Å². The zero-order chi connectivity index (χ0) is 23.6. The van der Waals surface area contributed by atoms with Crippen molar-refractivity contribution in [3.05, 3.63) is 72.5 Å². The van der Waals surface area contributed by atoms with Gasteiger partial charge in [-0.25, -0.2) is 4.79 Å². The van der Waals surface area contributed by atoms with Gasteiger partial charge in [0.05, 0.1) is 23.4 Å². The van der Waals surface area contributed by atoms with E-state index >= 15 is 0 Å². The van der Waals surface area contributed by atoms with Crippen molar-refractivity contribution in [2.24, 2.45) is 0 Å². The van der Waals surface area contributed by atoms with E-state index < -0.39 is 63.0 Å². The summed E-state index contributed by atoms with van der Waals surface area (Å²) in [5, 5.41) is 21.4. The molecule has 2 heterocycles. The molecule has 1 aromatic carbocycles. The Bertz CT molecular complexity index is 1220. The van der Waals surface area contributed by atoms with Gasteiger partial charge < -0.3 is 9.84 Å². The van der Waals surface area contributed by atoms with Crippen LogP contribution in [0.2, 0.25) is 0 Å². The second-order valence-electron chi connectivity index (χ2n) is 7.64. The summed E-state index contributed by atoms with van der Waals surface area (Å²) in [5.41, 5.74) is -0.910. The molecule has 0 radical (unpaired) electrons. The zero-order valence-corrected chi connectivity index (χ0v) is 18.1. The number of aliphatic hydroxyl groups is 1. The molecule has 2 aromatic rings. The van der Waals surface area contributed by atoms with Crippen molar-refractivity contribution < 1.29 is 27.4 Å². The standard InChI is InChI=1S/C19H23N3O9S/c1-11-8-21(19(25)20-18(11)24)17-7-15(23)16(31-17)9-30-32(28,29)10-12(2)13-5-3-4-6-14(13)22(26)27/h3-6,8,12,15-17,23H,7,9-10H2,1-2H3,(H,20,24,25)/t12?,15-,16+,17+/m0/s1. The van der Waals surface area contributed by atoms with Gasteiger partial charge in [0.15, 0.2) is 0 Å². The number of hydrogen-bond acceptors (Lipinski definition) is 9. The minimum atomic E-state index is -4.11. The molecule has 174 valence electrons. The third-order valence-corrected chi connectivity index (χ3v) is 6.59. The number of H-pyrrole nitrogens is 1. The Hall–Kier alpha value is -2.87. The molecule has 1 aliphatic heterocycles. The number of aromatic nitrogens is 2. The third kappa shape index (κ3) is 5.30. The number of aryl methyl sites for hydroxylation is 1. The van der Waals surface area contributed by atoms with Gasteiger partial charge >= 0.3 is 5.69 Å². The van der Waals surface area contributed by atoms with E-state index in [0.717, 1.165) is 4.57 Å². The molecule has 1 aliphatic rings. The molecule has 12 nitrogen and oxygen atoms in total. The van der Waals surface area contributed by atoms with E-state index in [-0.39, 0.29) is 23.2 Å². The molecule has 4 atom stereocenters. The lowest BCUT2D eigenvalue weighted by Gasteiger charge is -2.17. The molecule has 13 heteroatoms. The van der Waals surface area contributed by atoms with E-state index in [1.165, 1.54) is 38.2 Å². The maximum Gasteiger partial charge on any atom is 0.330 e. The first kappa shape index (κ1) is 23.8. The number of aliphatic hydroxyl groups excluding tert-OH is 1. The predicted octanol–water partition coefficient (Wildman–Crippen LogP) is 0.552.